The fourth-order valence-electron chi connectivity index (χ4n) is 2.81. The molecule has 0 aromatic carbocycles. The summed E-state index contributed by atoms with van der Waals surface area (Å²) in [7, 11) is 0. The molecule has 1 unspecified atom stereocenters. The Labute approximate surface area is 109 Å². The lowest BCUT2D eigenvalue weighted by Crippen LogP contribution is -2.37. The zero-order valence-corrected chi connectivity index (χ0v) is 11.3. The van der Waals surface area contributed by atoms with Gasteiger partial charge in [0.1, 0.15) is 5.82 Å². The van der Waals surface area contributed by atoms with Crippen LogP contribution in [0.2, 0.25) is 0 Å². The highest BCUT2D eigenvalue weighted by Crippen LogP contribution is 2.24. The predicted molar refractivity (Wildman–Crippen MR) is 73.7 cm³/mol. The maximum absolute atomic E-state index is 9.37. The summed E-state index contributed by atoms with van der Waals surface area (Å²) >= 11 is 0. The first-order chi connectivity index (χ1) is 8.80. The van der Waals surface area contributed by atoms with E-state index in [0.29, 0.717) is 6.04 Å². The van der Waals surface area contributed by atoms with Crippen LogP contribution < -0.4 is 4.90 Å². The van der Waals surface area contributed by atoms with Crippen molar-refractivity contribution in [2.75, 3.05) is 31.1 Å². The van der Waals surface area contributed by atoms with E-state index in [2.05, 4.69) is 28.6 Å². The summed E-state index contributed by atoms with van der Waals surface area (Å²) in [6, 6.07) is 4.45. The molecule has 2 heterocycles. The van der Waals surface area contributed by atoms with Crippen LogP contribution in [-0.4, -0.2) is 47.2 Å². The molecule has 1 fully saturated rings. The number of rotatable bonds is 5. The van der Waals surface area contributed by atoms with Crippen molar-refractivity contribution in [2.45, 2.75) is 32.9 Å². The average Bonchev–Trinajstić information content (AvgIpc) is 2.89. The van der Waals surface area contributed by atoms with E-state index in [1.165, 1.54) is 6.42 Å². The molecule has 0 spiro atoms. The highest BCUT2D eigenvalue weighted by atomic mass is 16.3. The number of pyridine rings is 1. The van der Waals surface area contributed by atoms with Gasteiger partial charge in [-0.2, -0.15) is 0 Å². The van der Waals surface area contributed by atoms with Crippen molar-refractivity contribution in [3.8, 4) is 0 Å². The number of aliphatic hydroxyl groups is 1. The number of hydrogen-bond donors (Lipinski definition) is 1. The SMILES string of the molecule is CCN(CC)C1CCN(c2ncccc2CO)C1. The van der Waals surface area contributed by atoms with Crippen LogP contribution in [0, 0.1) is 0 Å². The maximum Gasteiger partial charge on any atom is 0.134 e. The Balaban J connectivity index is 2.08. The smallest absolute Gasteiger partial charge is 0.134 e. The molecule has 1 atom stereocenters. The summed E-state index contributed by atoms with van der Waals surface area (Å²) in [5.41, 5.74) is 0.928. The van der Waals surface area contributed by atoms with Crippen LogP contribution in [0.15, 0.2) is 18.3 Å². The second kappa shape index (κ2) is 6.16. The minimum atomic E-state index is 0.0651. The van der Waals surface area contributed by atoms with E-state index < -0.39 is 0 Å². The summed E-state index contributed by atoms with van der Waals surface area (Å²) in [6.45, 7) is 8.75. The molecule has 0 radical (unpaired) electrons. The molecule has 1 aliphatic heterocycles. The first-order valence-electron chi connectivity index (χ1n) is 6.83. The molecule has 1 N–H and O–H groups in total. The summed E-state index contributed by atoms with van der Waals surface area (Å²) in [5.74, 6) is 0.953. The standard InChI is InChI=1S/C14H23N3O/c1-3-16(4-2)13-7-9-17(10-13)14-12(11-18)6-5-8-15-14/h5-6,8,13,18H,3-4,7,9-11H2,1-2H3. The molecule has 0 amide bonds. The quantitative estimate of drug-likeness (QED) is 0.858. The molecule has 4 nitrogen and oxygen atoms in total. The Kier molecular flexibility index (Phi) is 4.55. The lowest BCUT2D eigenvalue weighted by molar-refractivity contribution is 0.232. The molecule has 1 aromatic rings. The zero-order chi connectivity index (χ0) is 13.0. The lowest BCUT2D eigenvalue weighted by Gasteiger charge is -2.26. The van der Waals surface area contributed by atoms with Crippen LogP contribution in [0.3, 0.4) is 0 Å². The van der Waals surface area contributed by atoms with E-state index in [1.807, 2.05) is 12.1 Å². The first-order valence-corrected chi connectivity index (χ1v) is 6.83. The van der Waals surface area contributed by atoms with Gasteiger partial charge in [-0.1, -0.05) is 19.9 Å². The van der Waals surface area contributed by atoms with Gasteiger partial charge in [-0.25, -0.2) is 4.98 Å². The first kappa shape index (κ1) is 13.3. The van der Waals surface area contributed by atoms with Crippen LogP contribution in [0.5, 0.6) is 0 Å². The van der Waals surface area contributed by atoms with Crippen molar-refractivity contribution in [1.29, 1.82) is 0 Å². The third kappa shape index (κ3) is 2.65. The Morgan fingerprint density at radius 1 is 1.44 bits per heavy atom. The van der Waals surface area contributed by atoms with Gasteiger partial charge < -0.3 is 10.0 Å². The van der Waals surface area contributed by atoms with E-state index in [0.717, 1.165) is 37.6 Å². The lowest BCUT2D eigenvalue weighted by atomic mass is 10.2. The molecule has 18 heavy (non-hydrogen) atoms. The molecule has 100 valence electrons. The van der Waals surface area contributed by atoms with Crippen LogP contribution in [0.1, 0.15) is 25.8 Å². The summed E-state index contributed by atoms with van der Waals surface area (Å²) in [6.07, 6.45) is 2.99. The Hall–Kier alpha value is -1.13. The Morgan fingerprint density at radius 3 is 2.89 bits per heavy atom. The number of aromatic nitrogens is 1. The topological polar surface area (TPSA) is 39.6 Å². The van der Waals surface area contributed by atoms with E-state index in [1.54, 1.807) is 6.20 Å². The number of aliphatic hydroxyl groups excluding tert-OH is 1. The minimum Gasteiger partial charge on any atom is -0.392 e. The molecule has 1 saturated heterocycles. The fourth-order valence-corrected chi connectivity index (χ4v) is 2.81. The monoisotopic (exact) mass is 249 g/mol. The van der Waals surface area contributed by atoms with Gasteiger partial charge in [0.2, 0.25) is 0 Å². The molecular formula is C14H23N3O. The van der Waals surface area contributed by atoms with Crippen molar-refractivity contribution < 1.29 is 5.11 Å². The second-order valence-corrected chi connectivity index (χ2v) is 4.75. The molecule has 0 bridgehead atoms. The summed E-state index contributed by atoms with van der Waals surface area (Å²) in [4.78, 5) is 9.23. The van der Waals surface area contributed by atoms with Crippen molar-refractivity contribution in [3.05, 3.63) is 23.9 Å². The molecule has 0 aliphatic carbocycles. The third-order valence-corrected chi connectivity index (χ3v) is 3.83. The molecule has 2 rings (SSSR count). The molecule has 1 aliphatic rings. The van der Waals surface area contributed by atoms with Gasteiger partial charge in [-0.05, 0) is 25.6 Å². The molecule has 4 heteroatoms. The van der Waals surface area contributed by atoms with Gasteiger partial charge in [0.25, 0.3) is 0 Å². The van der Waals surface area contributed by atoms with Crippen molar-refractivity contribution in [2.24, 2.45) is 0 Å². The van der Waals surface area contributed by atoms with Gasteiger partial charge >= 0.3 is 0 Å². The van der Waals surface area contributed by atoms with Crippen molar-refractivity contribution >= 4 is 5.82 Å². The van der Waals surface area contributed by atoms with Crippen molar-refractivity contribution in [3.63, 3.8) is 0 Å². The fraction of sp³-hybridized carbons (Fsp3) is 0.643. The largest absolute Gasteiger partial charge is 0.392 e. The van der Waals surface area contributed by atoms with Gasteiger partial charge in [-0.15, -0.1) is 0 Å². The molecular weight excluding hydrogens is 226 g/mol. The van der Waals surface area contributed by atoms with Crippen LogP contribution in [-0.2, 0) is 6.61 Å². The zero-order valence-electron chi connectivity index (χ0n) is 11.3. The Morgan fingerprint density at radius 2 is 2.22 bits per heavy atom. The number of nitrogens with zero attached hydrogens (tertiary/aromatic N) is 3. The summed E-state index contributed by atoms with van der Waals surface area (Å²) in [5, 5.41) is 9.37. The minimum absolute atomic E-state index is 0.0651. The highest BCUT2D eigenvalue weighted by molar-refractivity contribution is 5.47. The van der Waals surface area contributed by atoms with E-state index in [-0.39, 0.29) is 6.61 Å². The second-order valence-electron chi connectivity index (χ2n) is 4.75. The van der Waals surface area contributed by atoms with Gasteiger partial charge in [0.15, 0.2) is 0 Å². The number of anilines is 1. The van der Waals surface area contributed by atoms with Crippen LogP contribution in [0.4, 0.5) is 5.82 Å². The number of hydrogen-bond acceptors (Lipinski definition) is 4. The predicted octanol–water partition coefficient (Wildman–Crippen LogP) is 1.49. The summed E-state index contributed by atoms with van der Waals surface area (Å²) < 4.78 is 0. The van der Waals surface area contributed by atoms with Crippen molar-refractivity contribution in [1.82, 2.24) is 9.88 Å². The molecule has 1 aromatic heterocycles. The maximum atomic E-state index is 9.37. The third-order valence-electron chi connectivity index (χ3n) is 3.83. The van der Waals surface area contributed by atoms with Crippen LogP contribution in [0.25, 0.3) is 0 Å². The number of likely N-dealkylation sites (N-methyl/N-ethyl adjacent to an activating group) is 1. The van der Waals surface area contributed by atoms with Gasteiger partial charge in [-0.3, -0.25) is 4.90 Å². The van der Waals surface area contributed by atoms with Crippen LogP contribution >= 0.6 is 0 Å². The van der Waals surface area contributed by atoms with Gasteiger partial charge in [0, 0.05) is 30.9 Å². The molecule has 0 saturated carbocycles. The average molecular weight is 249 g/mol. The highest BCUT2D eigenvalue weighted by Gasteiger charge is 2.27. The van der Waals surface area contributed by atoms with Gasteiger partial charge in [0.05, 0.1) is 6.61 Å². The van der Waals surface area contributed by atoms with E-state index in [4.69, 9.17) is 0 Å². The Bertz CT molecular complexity index is 379. The van der Waals surface area contributed by atoms with E-state index >= 15 is 0 Å². The normalized spacial score (nSPS) is 19.8. The van der Waals surface area contributed by atoms with E-state index in [9.17, 15) is 5.11 Å².